The molecule has 3 N–H and O–H groups in total. The minimum absolute atomic E-state index is 0.198. The number of methoxy groups -OCH3 is 1. The molecule has 7 heteroatoms. The van der Waals surface area contributed by atoms with Crippen LogP contribution in [-0.2, 0) is 11.3 Å². The van der Waals surface area contributed by atoms with E-state index in [1.54, 1.807) is 7.11 Å². The third-order valence-corrected chi connectivity index (χ3v) is 4.44. The summed E-state index contributed by atoms with van der Waals surface area (Å²) in [6.07, 6.45) is 4.26. The van der Waals surface area contributed by atoms with Gasteiger partial charge in [-0.2, -0.15) is 0 Å². The number of carbonyl (C=O) groups excluding carboxylic acids is 2. The second-order valence-electron chi connectivity index (χ2n) is 6.73. The number of nitrogens with one attached hydrogen (secondary N) is 3. The van der Waals surface area contributed by atoms with Gasteiger partial charge in [0.1, 0.15) is 6.54 Å². The maximum absolute atomic E-state index is 12.1. The molecule has 0 aromatic heterocycles. The van der Waals surface area contributed by atoms with Gasteiger partial charge < -0.3 is 19.7 Å². The Morgan fingerprint density at radius 1 is 1.23 bits per heavy atom. The van der Waals surface area contributed by atoms with Gasteiger partial charge in [0, 0.05) is 11.6 Å². The summed E-state index contributed by atoms with van der Waals surface area (Å²) in [4.78, 5) is 24.9. The molecule has 1 atom stereocenters. The molecule has 26 heavy (non-hydrogen) atoms. The van der Waals surface area contributed by atoms with Gasteiger partial charge in [0.15, 0.2) is 18.0 Å². The Bertz CT molecular complexity index is 615. The monoisotopic (exact) mass is 364 g/mol. The Labute approximate surface area is 155 Å². The first-order valence-electron chi connectivity index (χ1n) is 9.23. The second-order valence-corrected chi connectivity index (χ2v) is 6.73. The molecule has 0 aliphatic heterocycles. The third kappa shape index (κ3) is 6.22. The molecule has 3 amide bonds. The third-order valence-electron chi connectivity index (χ3n) is 4.44. The first-order chi connectivity index (χ1) is 12.5. The van der Waals surface area contributed by atoms with Gasteiger partial charge in [-0.1, -0.05) is 12.8 Å². The summed E-state index contributed by atoms with van der Waals surface area (Å²) in [6.45, 7) is 3.35. The van der Waals surface area contributed by atoms with Gasteiger partial charge in [-0.15, -0.1) is 0 Å². The lowest BCUT2D eigenvalue weighted by Crippen LogP contribution is -3.09. The quantitative estimate of drug-likeness (QED) is 0.640. The molecule has 1 saturated carbocycles. The first-order valence-corrected chi connectivity index (χ1v) is 9.23. The van der Waals surface area contributed by atoms with E-state index in [1.807, 2.05) is 32.2 Å². The van der Waals surface area contributed by atoms with Crippen LogP contribution in [0.2, 0.25) is 0 Å². The smallest absolute Gasteiger partial charge is 0.321 e. The number of ether oxygens (including phenoxy) is 2. The van der Waals surface area contributed by atoms with Crippen LogP contribution in [0.25, 0.3) is 0 Å². The number of likely N-dealkylation sites (N-methyl/N-ethyl adjacent to an activating group) is 1. The molecule has 1 aliphatic rings. The molecular formula is C19H30N3O4+. The van der Waals surface area contributed by atoms with E-state index in [0.29, 0.717) is 24.7 Å². The molecular weight excluding hydrogens is 334 g/mol. The number of carbonyl (C=O) groups is 2. The van der Waals surface area contributed by atoms with Crippen molar-refractivity contribution in [3.8, 4) is 11.5 Å². The molecule has 2 rings (SSSR count). The Kier molecular flexibility index (Phi) is 7.72. The van der Waals surface area contributed by atoms with E-state index < -0.39 is 6.03 Å². The number of quaternary nitrogens is 1. The maximum Gasteiger partial charge on any atom is 0.321 e. The maximum atomic E-state index is 12.1. The fraction of sp³-hybridized carbons (Fsp3) is 0.579. The minimum atomic E-state index is -0.391. The van der Waals surface area contributed by atoms with E-state index >= 15 is 0 Å². The van der Waals surface area contributed by atoms with Crippen LogP contribution >= 0.6 is 0 Å². The fourth-order valence-electron chi connectivity index (χ4n) is 3.24. The average molecular weight is 364 g/mol. The summed E-state index contributed by atoms with van der Waals surface area (Å²) in [6, 6.07) is 5.56. The van der Waals surface area contributed by atoms with Gasteiger partial charge in [-0.05, 0) is 38.0 Å². The van der Waals surface area contributed by atoms with E-state index in [0.717, 1.165) is 36.1 Å². The highest BCUT2D eigenvalue weighted by atomic mass is 16.5. The number of rotatable bonds is 8. The Balaban J connectivity index is 1.80. The highest BCUT2D eigenvalue weighted by molar-refractivity contribution is 5.94. The van der Waals surface area contributed by atoms with E-state index in [-0.39, 0.29) is 18.5 Å². The molecule has 1 aromatic rings. The number of hydrogen-bond acceptors (Lipinski definition) is 4. The lowest BCUT2D eigenvalue weighted by Gasteiger charge is -2.16. The zero-order chi connectivity index (χ0) is 18.9. The molecule has 0 bridgehead atoms. The summed E-state index contributed by atoms with van der Waals surface area (Å²) >= 11 is 0. The highest BCUT2D eigenvalue weighted by Gasteiger charge is 2.19. The molecule has 1 unspecified atom stereocenters. The van der Waals surface area contributed by atoms with E-state index in [4.69, 9.17) is 9.47 Å². The molecule has 7 nitrogen and oxygen atoms in total. The summed E-state index contributed by atoms with van der Waals surface area (Å²) < 4.78 is 10.9. The molecule has 144 valence electrons. The zero-order valence-electron chi connectivity index (χ0n) is 15.9. The molecule has 1 aliphatic carbocycles. The van der Waals surface area contributed by atoms with Crippen molar-refractivity contribution in [1.82, 2.24) is 10.6 Å². The number of imide groups is 1. The van der Waals surface area contributed by atoms with Crippen LogP contribution in [0, 0.1) is 0 Å². The molecule has 0 spiro atoms. The average Bonchev–Trinajstić information content (AvgIpc) is 3.08. The zero-order valence-corrected chi connectivity index (χ0v) is 15.9. The number of hydrogen-bond donors (Lipinski definition) is 3. The van der Waals surface area contributed by atoms with Crippen molar-refractivity contribution in [3.63, 3.8) is 0 Å². The fourth-order valence-corrected chi connectivity index (χ4v) is 3.24. The van der Waals surface area contributed by atoms with Gasteiger partial charge in [0.2, 0.25) is 0 Å². The van der Waals surface area contributed by atoms with Crippen LogP contribution < -0.4 is 25.0 Å². The minimum Gasteiger partial charge on any atom is -0.493 e. The Morgan fingerprint density at radius 3 is 2.62 bits per heavy atom. The van der Waals surface area contributed by atoms with Crippen LogP contribution in [0.15, 0.2) is 18.2 Å². The van der Waals surface area contributed by atoms with Crippen molar-refractivity contribution in [2.24, 2.45) is 0 Å². The van der Waals surface area contributed by atoms with Gasteiger partial charge in [-0.3, -0.25) is 10.1 Å². The largest absolute Gasteiger partial charge is 0.493 e. The highest BCUT2D eigenvalue weighted by Crippen LogP contribution is 2.27. The van der Waals surface area contributed by atoms with Gasteiger partial charge in [0.05, 0.1) is 20.8 Å². The number of urea groups is 1. The molecule has 0 saturated heterocycles. The van der Waals surface area contributed by atoms with Crippen molar-refractivity contribution in [1.29, 1.82) is 0 Å². The van der Waals surface area contributed by atoms with Gasteiger partial charge in [-0.25, -0.2) is 4.79 Å². The van der Waals surface area contributed by atoms with Crippen LogP contribution in [-0.4, -0.2) is 45.3 Å². The molecule has 1 fully saturated rings. The van der Waals surface area contributed by atoms with Crippen molar-refractivity contribution in [2.75, 3.05) is 27.3 Å². The lowest BCUT2D eigenvalue weighted by atomic mass is 10.2. The number of amides is 3. The van der Waals surface area contributed by atoms with Crippen molar-refractivity contribution in [2.45, 2.75) is 45.2 Å². The number of benzene rings is 1. The summed E-state index contributed by atoms with van der Waals surface area (Å²) in [5.41, 5.74) is 1.03. The van der Waals surface area contributed by atoms with Gasteiger partial charge in [0.25, 0.3) is 5.91 Å². The van der Waals surface area contributed by atoms with E-state index in [9.17, 15) is 9.59 Å². The summed E-state index contributed by atoms with van der Waals surface area (Å²) in [7, 11) is 3.52. The van der Waals surface area contributed by atoms with Crippen LogP contribution in [0.5, 0.6) is 11.5 Å². The SMILES string of the molecule is CCOc1ccc(C[NH+](C)CC(=O)NC(=O)NC2CCCC2)cc1OC. The van der Waals surface area contributed by atoms with Crippen LogP contribution in [0.4, 0.5) is 4.79 Å². The predicted octanol–water partition coefficient (Wildman–Crippen LogP) is 0.877. The molecule has 0 radical (unpaired) electrons. The Morgan fingerprint density at radius 2 is 1.96 bits per heavy atom. The Hall–Kier alpha value is -2.28. The van der Waals surface area contributed by atoms with Crippen LogP contribution in [0.3, 0.4) is 0 Å². The summed E-state index contributed by atoms with van der Waals surface area (Å²) in [5.74, 6) is 1.10. The predicted molar refractivity (Wildman–Crippen MR) is 98.6 cm³/mol. The normalized spacial score (nSPS) is 15.3. The van der Waals surface area contributed by atoms with Crippen molar-refractivity contribution < 1.29 is 24.0 Å². The standard InChI is InChI=1S/C19H29N3O4/c1-4-26-16-10-9-14(11-17(16)25-3)12-22(2)13-18(23)21-19(24)20-15-7-5-6-8-15/h9-11,15H,4-8,12-13H2,1-3H3,(H2,20,21,23,24)/p+1. The van der Waals surface area contributed by atoms with Gasteiger partial charge >= 0.3 is 6.03 Å². The van der Waals surface area contributed by atoms with Crippen molar-refractivity contribution >= 4 is 11.9 Å². The van der Waals surface area contributed by atoms with E-state index in [2.05, 4.69) is 10.6 Å². The summed E-state index contributed by atoms with van der Waals surface area (Å²) in [5, 5.41) is 5.27. The second kappa shape index (κ2) is 10.0. The molecule has 0 heterocycles. The lowest BCUT2D eigenvalue weighted by molar-refractivity contribution is -0.885. The van der Waals surface area contributed by atoms with Crippen molar-refractivity contribution in [3.05, 3.63) is 23.8 Å². The topological polar surface area (TPSA) is 81.1 Å². The molecule has 1 aromatic carbocycles. The van der Waals surface area contributed by atoms with Crippen LogP contribution in [0.1, 0.15) is 38.2 Å². The first kappa shape index (κ1) is 20.0. The van der Waals surface area contributed by atoms with E-state index in [1.165, 1.54) is 0 Å².